The molecule has 5 nitrogen and oxygen atoms in total. The maximum atomic E-state index is 12.6. The van der Waals surface area contributed by atoms with Crippen molar-refractivity contribution in [3.8, 4) is 0 Å². The Kier molecular flexibility index (Phi) is 4.57. The summed E-state index contributed by atoms with van der Waals surface area (Å²) in [5, 5.41) is 0. The number of carbonyl (C=O) groups is 1. The summed E-state index contributed by atoms with van der Waals surface area (Å²) in [6.45, 7) is 2.43. The molecule has 2 aromatic rings. The quantitative estimate of drug-likeness (QED) is 0.906. The van der Waals surface area contributed by atoms with Gasteiger partial charge in [-0.1, -0.05) is 25.1 Å². The van der Waals surface area contributed by atoms with Gasteiger partial charge in [0.2, 0.25) is 10.0 Å². The van der Waals surface area contributed by atoms with Gasteiger partial charge in [-0.3, -0.25) is 9.52 Å². The SMILES string of the molecule is CCCS(=O)(=O)Nc1ccc2c(c1)CCN2C(=O)c1ccccc1. The molecule has 1 N–H and O–H groups in total. The molecule has 0 unspecified atom stereocenters. The fourth-order valence-corrected chi connectivity index (χ4v) is 4.04. The normalized spacial score (nSPS) is 13.6. The lowest BCUT2D eigenvalue weighted by Gasteiger charge is -2.18. The van der Waals surface area contributed by atoms with Crippen LogP contribution in [0.25, 0.3) is 0 Å². The molecule has 0 bridgehead atoms. The van der Waals surface area contributed by atoms with Gasteiger partial charge in [-0.25, -0.2) is 8.42 Å². The third kappa shape index (κ3) is 3.43. The largest absolute Gasteiger partial charge is 0.308 e. The molecule has 0 saturated heterocycles. The highest BCUT2D eigenvalue weighted by Gasteiger charge is 2.26. The summed E-state index contributed by atoms with van der Waals surface area (Å²) in [7, 11) is -3.31. The van der Waals surface area contributed by atoms with E-state index in [0.29, 0.717) is 24.2 Å². The molecule has 3 rings (SSSR count). The highest BCUT2D eigenvalue weighted by molar-refractivity contribution is 7.92. The van der Waals surface area contributed by atoms with E-state index in [9.17, 15) is 13.2 Å². The Morgan fingerprint density at radius 3 is 2.62 bits per heavy atom. The summed E-state index contributed by atoms with van der Waals surface area (Å²) >= 11 is 0. The molecule has 0 spiro atoms. The van der Waals surface area contributed by atoms with Crippen molar-refractivity contribution >= 4 is 27.3 Å². The fourth-order valence-electron chi connectivity index (χ4n) is 2.91. The van der Waals surface area contributed by atoms with E-state index in [-0.39, 0.29) is 11.7 Å². The standard InChI is InChI=1S/C18H20N2O3S/c1-2-12-24(22,23)19-16-8-9-17-15(13-16)10-11-20(17)18(21)14-6-4-3-5-7-14/h3-9,13,19H,2,10-12H2,1H3. The van der Waals surface area contributed by atoms with Gasteiger partial charge in [0, 0.05) is 23.5 Å². The molecule has 0 aromatic heterocycles. The third-order valence-electron chi connectivity index (χ3n) is 3.99. The molecule has 0 aliphatic carbocycles. The molecule has 6 heteroatoms. The van der Waals surface area contributed by atoms with Crippen LogP contribution in [0.3, 0.4) is 0 Å². The smallest absolute Gasteiger partial charge is 0.258 e. The molecular weight excluding hydrogens is 324 g/mol. The average Bonchev–Trinajstić information content (AvgIpc) is 2.97. The van der Waals surface area contributed by atoms with E-state index in [1.807, 2.05) is 37.3 Å². The van der Waals surface area contributed by atoms with Gasteiger partial charge >= 0.3 is 0 Å². The molecular formula is C18H20N2O3S. The van der Waals surface area contributed by atoms with E-state index in [1.54, 1.807) is 23.1 Å². The lowest BCUT2D eigenvalue weighted by Crippen LogP contribution is -2.28. The maximum absolute atomic E-state index is 12.6. The van der Waals surface area contributed by atoms with E-state index in [0.717, 1.165) is 17.7 Å². The molecule has 1 aliphatic rings. The Hall–Kier alpha value is -2.34. The Morgan fingerprint density at radius 1 is 1.17 bits per heavy atom. The first-order valence-corrected chi connectivity index (χ1v) is 9.66. The van der Waals surface area contributed by atoms with E-state index in [1.165, 1.54) is 0 Å². The number of carbonyl (C=O) groups excluding carboxylic acids is 1. The summed E-state index contributed by atoms with van der Waals surface area (Å²) in [6, 6.07) is 14.5. The molecule has 0 saturated carbocycles. The molecule has 126 valence electrons. The highest BCUT2D eigenvalue weighted by atomic mass is 32.2. The van der Waals surface area contributed by atoms with Gasteiger partial charge in [-0.15, -0.1) is 0 Å². The summed E-state index contributed by atoms with van der Waals surface area (Å²) in [5.41, 5.74) is 3.03. The third-order valence-corrected chi connectivity index (χ3v) is 5.48. The van der Waals surface area contributed by atoms with E-state index in [2.05, 4.69) is 4.72 Å². The van der Waals surface area contributed by atoms with E-state index in [4.69, 9.17) is 0 Å². The number of amides is 1. The van der Waals surface area contributed by atoms with Crippen LogP contribution in [0.5, 0.6) is 0 Å². The Bertz CT molecular complexity index is 848. The van der Waals surface area contributed by atoms with Crippen molar-refractivity contribution < 1.29 is 13.2 Å². The minimum atomic E-state index is -3.31. The monoisotopic (exact) mass is 344 g/mol. The number of sulfonamides is 1. The number of nitrogens with zero attached hydrogens (tertiary/aromatic N) is 1. The zero-order valence-corrected chi connectivity index (χ0v) is 14.3. The summed E-state index contributed by atoms with van der Waals surface area (Å²) < 4.78 is 26.4. The first kappa shape index (κ1) is 16.5. The summed E-state index contributed by atoms with van der Waals surface area (Å²) in [4.78, 5) is 14.4. The van der Waals surface area contributed by atoms with Gasteiger partial charge in [0.15, 0.2) is 0 Å². The van der Waals surface area contributed by atoms with Crippen molar-refractivity contribution in [2.45, 2.75) is 19.8 Å². The molecule has 0 atom stereocenters. The Morgan fingerprint density at radius 2 is 1.92 bits per heavy atom. The molecule has 1 amide bonds. The minimum absolute atomic E-state index is 0.0336. The van der Waals surface area contributed by atoms with Crippen LogP contribution in [-0.4, -0.2) is 26.6 Å². The van der Waals surface area contributed by atoms with Crippen LogP contribution >= 0.6 is 0 Å². The molecule has 2 aromatic carbocycles. The highest BCUT2D eigenvalue weighted by Crippen LogP contribution is 2.31. The molecule has 1 heterocycles. The maximum Gasteiger partial charge on any atom is 0.258 e. The zero-order chi connectivity index (χ0) is 17.2. The van der Waals surface area contributed by atoms with Crippen molar-refractivity contribution in [3.63, 3.8) is 0 Å². The Labute approximate surface area is 142 Å². The number of hydrogen-bond donors (Lipinski definition) is 1. The second-order valence-corrected chi connectivity index (χ2v) is 7.68. The molecule has 24 heavy (non-hydrogen) atoms. The van der Waals surface area contributed by atoms with Gasteiger partial charge in [0.25, 0.3) is 5.91 Å². The van der Waals surface area contributed by atoms with E-state index < -0.39 is 10.0 Å². The lowest BCUT2D eigenvalue weighted by molar-refractivity contribution is 0.0989. The molecule has 0 fully saturated rings. The van der Waals surface area contributed by atoms with Crippen molar-refractivity contribution in [2.75, 3.05) is 21.9 Å². The van der Waals surface area contributed by atoms with Crippen LogP contribution < -0.4 is 9.62 Å². The van der Waals surface area contributed by atoms with Crippen LogP contribution in [-0.2, 0) is 16.4 Å². The topological polar surface area (TPSA) is 66.5 Å². The first-order valence-electron chi connectivity index (χ1n) is 8.00. The first-order chi connectivity index (χ1) is 11.5. The predicted molar refractivity (Wildman–Crippen MR) is 96.0 cm³/mol. The number of rotatable bonds is 5. The molecule has 0 radical (unpaired) electrons. The number of benzene rings is 2. The van der Waals surface area contributed by atoms with Crippen molar-refractivity contribution in [1.29, 1.82) is 0 Å². The Balaban J connectivity index is 1.82. The van der Waals surface area contributed by atoms with Crippen LogP contribution in [0.2, 0.25) is 0 Å². The van der Waals surface area contributed by atoms with Gasteiger partial charge in [0.1, 0.15) is 0 Å². The number of hydrogen-bond acceptors (Lipinski definition) is 3. The van der Waals surface area contributed by atoms with Gasteiger partial charge in [-0.2, -0.15) is 0 Å². The second-order valence-electron chi connectivity index (χ2n) is 5.84. The van der Waals surface area contributed by atoms with Gasteiger partial charge < -0.3 is 4.90 Å². The van der Waals surface area contributed by atoms with Crippen molar-refractivity contribution in [1.82, 2.24) is 0 Å². The lowest BCUT2D eigenvalue weighted by atomic mass is 10.1. The summed E-state index contributed by atoms with van der Waals surface area (Å²) in [5.74, 6) is 0.0663. The van der Waals surface area contributed by atoms with Crippen LogP contribution in [0.1, 0.15) is 29.3 Å². The fraction of sp³-hybridized carbons (Fsp3) is 0.278. The van der Waals surface area contributed by atoms with Crippen molar-refractivity contribution in [3.05, 3.63) is 59.7 Å². The van der Waals surface area contributed by atoms with Crippen LogP contribution in [0, 0.1) is 0 Å². The van der Waals surface area contributed by atoms with Gasteiger partial charge in [0.05, 0.1) is 5.75 Å². The summed E-state index contributed by atoms with van der Waals surface area (Å²) in [6.07, 6.45) is 1.29. The van der Waals surface area contributed by atoms with Gasteiger partial charge in [-0.05, 0) is 48.7 Å². The van der Waals surface area contributed by atoms with Crippen LogP contribution in [0.15, 0.2) is 48.5 Å². The zero-order valence-electron chi connectivity index (χ0n) is 13.5. The number of anilines is 2. The van der Waals surface area contributed by atoms with Crippen molar-refractivity contribution in [2.24, 2.45) is 0 Å². The molecule has 1 aliphatic heterocycles. The van der Waals surface area contributed by atoms with E-state index >= 15 is 0 Å². The number of fused-ring (bicyclic) bond motifs is 1. The average molecular weight is 344 g/mol. The van der Waals surface area contributed by atoms with Crippen LogP contribution in [0.4, 0.5) is 11.4 Å². The predicted octanol–water partition coefficient (Wildman–Crippen LogP) is 3.04. The minimum Gasteiger partial charge on any atom is -0.308 e. The second kappa shape index (κ2) is 6.65. The number of nitrogens with one attached hydrogen (secondary N) is 1.